The predicted octanol–water partition coefficient (Wildman–Crippen LogP) is 2.69. The Kier molecular flexibility index (Phi) is 3.90. The minimum absolute atomic E-state index is 0.0606. The lowest BCUT2D eigenvalue weighted by Crippen LogP contribution is -2.27. The van der Waals surface area contributed by atoms with Crippen molar-refractivity contribution < 1.29 is 23.8 Å². The fourth-order valence-electron chi connectivity index (χ4n) is 1.22. The maximum absolute atomic E-state index is 13.4. The molecule has 0 saturated carbocycles. The van der Waals surface area contributed by atoms with Crippen LogP contribution in [0.25, 0.3) is 0 Å². The number of anilines is 1. The average Bonchev–Trinajstić information content (AvgIpc) is 2.21. The molecule has 0 unspecified atom stereocenters. The van der Waals surface area contributed by atoms with Crippen LogP contribution < -0.4 is 5.32 Å². The number of aromatic hydroxyl groups is 1. The fourth-order valence-corrected chi connectivity index (χ4v) is 1.22. The minimum atomic E-state index is -1.08. The summed E-state index contributed by atoms with van der Waals surface area (Å²) < 4.78 is 18.3. The van der Waals surface area contributed by atoms with Crippen molar-refractivity contribution in [2.45, 2.75) is 26.4 Å². The number of carbonyl (C=O) groups excluding carboxylic acids is 2. The molecule has 0 saturated heterocycles. The number of phenols is 1. The van der Waals surface area contributed by atoms with Crippen LogP contribution in [0.2, 0.25) is 0 Å². The number of phenolic OH excluding ortho intramolecular Hbond substituents is 1. The number of rotatable bonds is 2. The van der Waals surface area contributed by atoms with E-state index in [1.807, 2.05) is 0 Å². The molecule has 0 fully saturated rings. The molecule has 0 aliphatic heterocycles. The molecule has 0 radical (unpaired) electrons. The SMILES string of the molecule is CC(C)(C)OC(=O)Nc1ccc(O)c(F)c1C=O. The van der Waals surface area contributed by atoms with E-state index in [0.29, 0.717) is 0 Å². The van der Waals surface area contributed by atoms with E-state index in [-0.39, 0.29) is 12.0 Å². The summed E-state index contributed by atoms with van der Waals surface area (Å²) in [4.78, 5) is 22.2. The molecular weight excluding hydrogens is 241 g/mol. The zero-order chi connectivity index (χ0) is 13.9. The van der Waals surface area contributed by atoms with E-state index in [2.05, 4.69) is 5.32 Å². The third kappa shape index (κ3) is 3.44. The summed E-state index contributed by atoms with van der Waals surface area (Å²) >= 11 is 0. The third-order valence-electron chi connectivity index (χ3n) is 1.91. The molecule has 0 atom stereocenters. The molecule has 0 aliphatic rings. The Hall–Kier alpha value is -2.11. The first-order chi connectivity index (χ1) is 8.24. The molecule has 1 rings (SSSR count). The topological polar surface area (TPSA) is 75.6 Å². The quantitative estimate of drug-likeness (QED) is 0.629. The van der Waals surface area contributed by atoms with Crippen molar-refractivity contribution in [1.29, 1.82) is 0 Å². The maximum Gasteiger partial charge on any atom is 0.412 e. The second kappa shape index (κ2) is 5.03. The van der Waals surface area contributed by atoms with Crippen LogP contribution in [0.4, 0.5) is 14.9 Å². The molecule has 1 amide bonds. The summed E-state index contributed by atoms with van der Waals surface area (Å²) in [7, 11) is 0. The summed E-state index contributed by atoms with van der Waals surface area (Å²) in [5, 5.41) is 11.3. The Labute approximate surface area is 104 Å². The number of hydrogen-bond acceptors (Lipinski definition) is 4. The van der Waals surface area contributed by atoms with Crippen LogP contribution >= 0.6 is 0 Å². The summed E-state index contributed by atoms with van der Waals surface area (Å²) in [6.07, 6.45) is -0.599. The first-order valence-electron chi connectivity index (χ1n) is 5.21. The number of amides is 1. The second-order valence-electron chi connectivity index (χ2n) is 4.60. The van der Waals surface area contributed by atoms with Crippen LogP contribution in [0.5, 0.6) is 5.75 Å². The molecule has 1 aromatic rings. The van der Waals surface area contributed by atoms with Gasteiger partial charge in [-0.1, -0.05) is 0 Å². The molecule has 0 aromatic heterocycles. The molecular formula is C12H14FNO4. The number of aldehydes is 1. The molecule has 18 heavy (non-hydrogen) atoms. The van der Waals surface area contributed by atoms with E-state index in [0.717, 1.165) is 6.07 Å². The lowest BCUT2D eigenvalue weighted by molar-refractivity contribution is 0.0636. The third-order valence-corrected chi connectivity index (χ3v) is 1.91. The molecule has 5 nitrogen and oxygen atoms in total. The maximum atomic E-state index is 13.4. The van der Waals surface area contributed by atoms with Crippen molar-refractivity contribution in [3.8, 4) is 5.75 Å². The molecule has 98 valence electrons. The number of carbonyl (C=O) groups is 2. The zero-order valence-corrected chi connectivity index (χ0v) is 10.3. The monoisotopic (exact) mass is 255 g/mol. The molecule has 2 N–H and O–H groups in total. The van der Waals surface area contributed by atoms with Crippen LogP contribution in [-0.4, -0.2) is 23.1 Å². The van der Waals surface area contributed by atoms with Crippen LogP contribution in [-0.2, 0) is 4.74 Å². The zero-order valence-electron chi connectivity index (χ0n) is 10.3. The van der Waals surface area contributed by atoms with Crippen molar-refractivity contribution in [3.05, 3.63) is 23.5 Å². The largest absolute Gasteiger partial charge is 0.505 e. The van der Waals surface area contributed by atoms with Gasteiger partial charge in [-0.3, -0.25) is 10.1 Å². The summed E-state index contributed by atoms with van der Waals surface area (Å²) in [6.45, 7) is 5.01. The smallest absolute Gasteiger partial charge is 0.412 e. The Morgan fingerprint density at radius 2 is 2.06 bits per heavy atom. The highest BCUT2D eigenvalue weighted by Crippen LogP contribution is 2.25. The van der Waals surface area contributed by atoms with Crippen LogP contribution in [0.3, 0.4) is 0 Å². The van der Waals surface area contributed by atoms with Crippen LogP contribution in [0.1, 0.15) is 31.1 Å². The van der Waals surface area contributed by atoms with Gasteiger partial charge in [-0.15, -0.1) is 0 Å². The van der Waals surface area contributed by atoms with E-state index in [1.165, 1.54) is 6.07 Å². The van der Waals surface area contributed by atoms with Gasteiger partial charge < -0.3 is 9.84 Å². The molecule has 0 bridgehead atoms. The van der Waals surface area contributed by atoms with Gasteiger partial charge in [0.15, 0.2) is 17.9 Å². The summed E-state index contributed by atoms with van der Waals surface area (Å²) in [6, 6.07) is 2.25. The Morgan fingerprint density at radius 3 is 2.56 bits per heavy atom. The highest BCUT2D eigenvalue weighted by molar-refractivity contribution is 5.93. The van der Waals surface area contributed by atoms with Gasteiger partial charge in [0.1, 0.15) is 5.60 Å². The van der Waals surface area contributed by atoms with Gasteiger partial charge in [0, 0.05) is 0 Å². The van der Waals surface area contributed by atoms with Crippen molar-refractivity contribution >= 4 is 18.1 Å². The van der Waals surface area contributed by atoms with Gasteiger partial charge >= 0.3 is 6.09 Å². The summed E-state index contributed by atoms with van der Waals surface area (Å²) in [5.41, 5.74) is -1.20. The normalized spacial score (nSPS) is 10.9. The minimum Gasteiger partial charge on any atom is -0.505 e. The van der Waals surface area contributed by atoms with Crippen molar-refractivity contribution in [2.75, 3.05) is 5.32 Å². The predicted molar refractivity (Wildman–Crippen MR) is 63.3 cm³/mol. The number of benzene rings is 1. The Balaban J connectivity index is 2.95. The number of ether oxygens (including phenoxy) is 1. The van der Waals surface area contributed by atoms with Crippen molar-refractivity contribution in [2.24, 2.45) is 0 Å². The van der Waals surface area contributed by atoms with Gasteiger partial charge in [-0.2, -0.15) is 0 Å². The molecule has 0 aliphatic carbocycles. The molecule has 6 heteroatoms. The lowest BCUT2D eigenvalue weighted by Gasteiger charge is -2.20. The number of nitrogens with one attached hydrogen (secondary N) is 1. The average molecular weight is 255 g/mol. The fraction of sp³-hybridized carbons (Fsp3) is 0.333. The Morgan fingerprint density at radius 1 is 1.44 bits per heavy atom. The lowest BCUT2D eigenvalue weighted by atomic mass is 10.1. The van der Waals surface area contributed by atoms with E-state index in [1.54, 1.807) is 20.8 Å². The first-order valence-corrected chi connectivity index (χ1v) is 5.21. The van der Waals surface area contributed by atoms with Gasteiger partial charge in [0.2, 0.25) is 0 Å². The Bertz CT molecular complexity index is 480. The van der Waals surface area contributed by atoms with Crippen LogP contribution in [0.15, 0.2) is 12.1 Å². The molecule has 1 aromatic carbocycles. The van der Waals surface area contributed by atoms with Gasteiger partial charge in [0.05, 0.1) is 11.3 Å². The van der Waals surface area contributed by atoms with Gasteiger partial charge in [-0.25, -0.2) is 9.18 Å². The second-order valence-corrected chi connectivity index (χ2v) is 4.60. The highest BCUT2D eigenvalue weighted by Gasteiger charge is 2.19. The van der Waals surface area contributed by atoms with Crippen molar-refractivity contribution in [1.82, 2.24) is 0 Å². The standard InChI is InChI=1S/C12H14FNO4/c1-12(2,3)18-11(17)14-8-4-5-9(16)10(13)7(8)6-15/h4-6,16H,1-3H3,(H,14,17). The van der Waals surface area contributed by atoms with Crippen LogP contribution in [0, 0.1) is 5.82 Å². The number of hydrogen-bond donors (Lipinski definition) is 2. The molecule has 0 heterocycles. The highest BCUT2D eigenvalue weighted by atomic mass is 19.1. The van der Waals surface area contributed by atoms with Crippen molar-refractivity contribution in [3.63, 3.8) is 0 Å². The van der Waals surface area contributed by atoms with E-state index in [4.69, 9.17) is 9.84 Å². The molecule has 0 spiro atoms. The van der Waals surface area contributed by atoms with E-state index in [9.17, 15) is 14.0 Å². The van der Waals surface area contributed by atoms with Gasteiger partial charge in [0.25, 0.3) is 0 Å². The number of halogens is 1. The summed E-state index contributed by atoms with van der Waals surface area (Å²) in [5.74, 6) is -1.75. The van der Waals surface area contributed by atoms with E-state index < -0.39 is 28.8 Å². The van der Waals surface area contributed by atoms with E-state index >= 15 is 0 Å². The van der Waals surface area contributed by atoms with Gasteiger partial charge in [-0.05, 0) is 32.9 Å². The first kappa shape index (κ1) is 14.0.